The number of hydrogen-bond donors (Lipinski definition) is 0. The lowest BCUT2D eigenvalue weighted by molar-refractivity contribution is -0.160. The Hall–Kier alpha value is -1.06. The molecule has 3 nitrogen and oxygen atoms in total. The van der Waals surface area contributed by atoms with Crippen molar-refractivity contribution in [3.63, 3.8) is 0 Å². The van der Waals surface area contributed by atoms with Crippen molar-refractivity contribution in [3.05, 3.63) is 34.9 Å². The van der Waals surface area contributed by atoms with Crippen molar-refractivity contribution in [2.75, 3.05) is 0 Å². The van der Waals surface area contributed by atoms with Crippen LogP contribution < -0.4 is 0 Å². The Morgan fingerprint density at radius 3 is 2.11 bits per heavy atom. The highest BCUT2D eigenvalue weighted by Crippen LogP contribution is 2.31. The van der Waals surface area contributed by atoms with Gasteiger partial charge in [0.05, 0.1) is 0 Å². The van der Waals surface area contributed by atoms with Crippen LogP contribution in [-0.4, -0.2) is 11.2 Å². The first-order valence-electron chi connectivity index (χ1n) is 6.08. The van der Waals surface area contributed by atoms with Crippen LogP contribution in [0.1, 0.15) is 32.3 Å². The van der Waals surface area contributed by atoms with Crippen LogP contribution in [0.15, 0.2) is 24.3 Å². The number of ether oxygens (including phenoxy) is 1. The van der Waals surface area contributed by atoms with Crippen molar-refractivity contribution >= 4 is 34.4 Å². The zero-order chi connectivity index (χ0) is 14.5. The first-order chi connectivity index (χ1) is 8.96. The lowest BCUT2D eigenvalue weighted by atomic mass is 9.84. The van der Waals surface area contributed by atoms with E-state index in [1.54, 1.807) is 38.1 Å². The van der Waals surface area contributed by atoms with E-state index in [0.29, 0.717) is 17.9 Å². The molecule has 5 heteroatoms. The van der Waals surface area contributed by atoms with Crippen LogP contribution in [0.5, 0.6) is 0 Å². The topological polar surface area (TPSA) is 43.4 Å². The molecule has 0 fully saturated rings. The molecule has 0 unspecified atom stereocenters. The Labute approximate surface area is 122 Å². The third-order valence-corrected chi connectivity index (χ3v) is 3.87. The third-order valence-electron chi connectivity index (χ3n) is 3.26. The average Bonchev–Trinajstić information content (AvgIpc) is 2.39. The predicted octanol–water partition coefficient (Wildman–Crippen LogP) is 3.96. The van der Waals surface area contributed by atoms with E-state index in [-0.39, 0.29) is 6.61 Å². The smallest absolute Gasteiger partial charge is 0.321 e. The number of hydrogen-bond acceptors (Lipinski definition) is 3. The van der Waals surface area contributed by atoms with Gasteiger partial charge in [0.15, 0.2) is 0 Å². The number of benzene rings is 1. The molecule has 0 heterocycles. The number of esters is 1. The van der Waals surface area contributed by atoms with Gasteiger partial charge in [-0.25, -0.2) is 0 Å². The maximum atomic E-state index is 12.1. The second-order valence-corrected chi connectivity index (χ2v) is 5.05. The number of carbonyl (C=O) groups excluding carboxylic acids is 2. The van der Waals surface area contributed by atoms with Gasteiger partial charge < -0.3 is 4.74 Å². The molecule has 0 aliphatic rings. The zero-order valence-electron chi connectivity index (χ0n) is 10.9. The van der Waals surface area contributed by atoms with E-state index in [4.69, 9.17) is 27.9 Å². The molecule has 0 spiro atoms. The van der Waals surface area contributed by atoms with Crippen LogP contribution in [-0.2, 0) is 20.9 Å². The van der Waals surface area contributed by atoms with E-state index in [1.165, 1.54) is 0 Å². The van der Waals surface area contributed by atoms with Crippen LogP contribution >= 0.6 is 23.2 Å². The summed E-state index contributed by atoms with van der Waals surface area (Å²) in [6, 6.07) is 6.95. The summed E-state index contributed by atoms with van der Waals surface area (Å²) in [5.74, 6) is -0.576. The average molecular weight is 303 g/mol. The van der Waals surface area contributed by atoms with E-state index in [1.807, 2.05) is 0 Å². The van der Waals surface area contributed by atoms with Gasteiger partial charge in [0, 0.05) is 5.02 Å². The van der Waals surface area contributed by atoms with Crippen LogP contribution in [0.25, 0.3) is 0 Å². The summed E-state index contributed by atoms with van der Waals surface area (Å²) in [6.45, 7) is 3.59. The maximum absolute atomic E-state index is 12.1. The molecule has 1 aromatic carbocycles. The lowest BCUT2D eigenvalue weighted by Crippen LogP contribution is -2.37. The van der Waals surface area contributed by atoms with Gasteiger partial charge >= 0.3 is 5.97 Å². The number of carbonyl (C=O) groups is 2. The van der Waals surface area contributed by atoms with E-state index >= 15 is 0 Å². The first kappa shape index (κ1) is 16.0. The van der Waals surface area contributed by atoms with Crippen LogP contribution in [0, 0.1) is 5.41 Å². The fourth-order valence-electron chi connectivity index (χ4n) is 1.76. The molecule has 19 heavy (non-hydrogen) atoms. The van der Waals surface area contributed by atoms with Crippen LogP contribution in [0.3, 0.4) is 0 Å². The second kappa shape index (κ2) is 6.92. The van der Waals surface area contributed by atoms with Gasteiger partial charge in [-0.2, -0.15) is 0 Å². The van der Waals surface area contributed by atoms with E-state index in [0.717, 1.165) is 5.56 Å². The maximum Gasteiger partial charge on any atom is 0.321 e. The number of rotatable bonds is 6. The minimum absolute atomic E-state index is 0.0991. The van der Waals surface area contributed by atoms with Gasteiger partial charge in [-0.1, -0.05) is 37.6 Å². The highest BCUT2D eigenvalue weighted by Gasteiger charge is 2.43. The van der Waals surface area contributed by atoms with E-state index < -0.39 is 16.6 Å². The minimum Gasteiger partial charge on any atom is -0.460 e. The Bertz CT molecular complexity index is 450. The Morgan fingerprint density at radius 1 is 1.16 bits per heavy atom. The largest absolute Gasteiger partial charge is 0.460 e. The van der Waals surface area contributed by atoms with E-state index in [2.05, 4.69) is 0 Å². The van der Waals surface area contributed by atoms with Gasteiger partial charge in [0.1, 0.15) is 12.0 Å². The molecule has 0 saturated carbocycles. The van der Waals surface area contributed by atoms with Crippen molar-refractivity contribution in [1.82, 2.24) is 0 Å². The summed E-state index contributed by atoms with van der Waals surface area (Å²) in [5, 5.41) is -0.0546. The molecular formula is C14H16Cl2O3. The van der Waals surface area contributed by atoms with Gasteiger partial charge in [0.25, 0.3) is 0 Å². The first-order valence-corrected chi connectivity index (χ1v) is 6.83. The van der Waals surface area contributed by atoms with Crippen molar-refractivity contribution in [3.8, 4) is 0 Å². The van der Waals surface area contributed by atoms with E-state index in [9.17, 15) is 9.59 Å². The molecule has 0 N–H and O–H groups in total. The molecule has 1 rings (SSSR count). The monoisotopic (exact) mass is 302 g/mol. The van der Waals surface area contributed by atoms with Crippen molar-refractivity contribution in [2.45, 2.75) is 33.3 Å². The Kier molecular flexibility index (Phi) is 5.83. The standard InChI is InChI=1S/C14H16Cl2O3/c1-3-14(4-2,12(16)17)13(18)19-9-10-5-7-11(15)8-6-10/h5-8H,3-4,9H2,1-2H3. The zero-order valence-corrected chi connectivity index (χ0v) is 12.4. The molecule has 104 valence electrons. The molecule has 1 aromatic rings. The Morgan fingerprint density at radius 2 is 1.68 bits per heavy atom. The highest BCUT2D eigenvalue weighted by atomic mass is 35.5. The third kappa shape index (κ3) is 3.71. The summed E-state index contributed by atoms with van der Waals surface area (Å²) in [5.41, 5.74) is -0.436. The lowest BCUT2D eigenvalue weighted by Gasteiger charge is -2.24. The number of halogens is 2. The van der Waals surface area contributed by atoms with Crippen molar-refractivity contribution < 1.29 is 14.3 Å². The molecule has 0 bridgehead atoms. The summed E-state index contributed by atoms with van der Waals surface area (Å²) < 4.78 is 5.19. The molecule has 0 aliphatic heterocycles. The predicted molar refractivity (Wildman–Crippen MR) is 75.1 cm³/mol. The van der Waals surface area contributed by atoms with Gasteiger partial charge in [0.2, 0.25) is 5.24 Å². The fourth-order valence-corrected chi connectivity index (χ4v) is 2.23. The molecule has 0 aromatic heterocycles. The van der Waals surface area contributed by atoms with Gasteiger partial charge in [-0.3, -0.25) is 9.59 Å². The summed E-state index contributed by atoms with van der Waals surface area (Å²) in [7, 11) is 0. The Balaban J connectivity index is 2.73. The molecule has 0 saturated heterocycles. The van der Waals surface area contributed by atoms with Gasteiger partial charge in [-0.05, 0) is 42.1 Å². The van der Waals surface area contributed by atoms with Crippen LogP contribution in [0.2, 0.25) is 5.02 Å². The fraction of sp³-hybridized carbons (Fsp3) is 0.429. The second-order valence-electron chi connectivity index (χ2n) is 4.27. The summed E-state index contributed by atoms with van der Waals surface area (Å²) in [6.07, 6.45) is 0.649. The van der Waals surface area contributed by atoms with Crippen LogP contribution in [0.4, 0.5) is 0 Å². The molecular weight excluding hydrogens is 287 g/mol. The quantitative estimate of drug-likeness (QED) is 0.454. The molecule has 0 radical (unpaired) electrons. The highest BCUT2D eigenvalue weighted by molar-refractivity contribution is 6.66. The summed E-state index contributed by atoms with van der Waals surface area (Å²) >= 11 is 11.3. The summed E-state index contributed by atoms with van der Waals surface area (Å²) in [4.78, 5) is 23.5. The normalized spacial score (nSPS) is 11.2. The minimum atomic E-state index is -1.24. The van der Waals surface area contributed by atoms with Crippen molar-refractivity contribution in [1.29, 1.82) is 0 Å². The van der Waals surface area contributed by atoms with Gasteiger partial charge in [-0.15, -0.1) is 0 Å². The SMILES string of the molecule is CCC(CC)(C(=O)Cl)C(=O)OCc1ccc(Cl)cc1. The molecule has 0 aliphatic carbocycles. The molecule has 0 amide bonds. The molecule has 0 atom stereocenters. The van der Waals surface area contributed by atoms with Crippen molar-refractivity contribution in [2.24, 2.45) is 5.41 Å².